The van der Waals surface area contributed by atoms with Crippen molar-refractivity contribution >= 4 is 22.9 Å². The van der Waals surface area contributed by atoms with Crippen LogP contribution >= 0.6 is 22.9 Å². The summed E-state index contributed by atoms with van der Waals surface area (Å²) in [6, 6.07) is 3.83. The Bertz CT molecular complexity index is 527. The van der Waals surface area contributed by atoms with Crippen molar-refractivity contribution in [2.24, 2.45) is 0 Å². The van der Waals surface area contributed by atoms with Gasteiger partial charge in [-0.05, 0) is 19.4 Å². The molecule has 2 aromatic rings. The van der Waals surface area contributed by atoms with Crippen LogP contribution in [0.1, 0.15) is 21.8 Å². The standard InChI is InChI=1S/C13H15ClN2OS/c1-9-11(7-14)3-4-13(16-9)17-6-5-12-10(2)15-8-18-12/h3-4,8H,5-7H2,1-2H3. The largest absolute Gasteiger partial charge is 0.477 e. The van der Waals surface area contributed by atoms with Gasteiger partial charge in [-0.3, -0.25) is 0 Å². The summed E-state index contributed by atoms with van der Waals surface area (Å²) in [5.74, 6) is 1.14. The molecular formula is C13H15ClN2OS. The van der Waals surface area contributed by atoms with Crippen LogP contribution in [0.2, 0.25) is 0 Å². The smallest absolute Gasteiger partial charge is 0.213 e. The van der Waals surface area contributed by atoms with Gasteiger partial charge in [0.1, 0.15) is 0 Å². The third kappa shape index (κ3) is 3.21. The van der Waals surface area contributed by atoms with Gasteiger partial charge in [-0.2, -0.15) is 0 Å². The van der Waals surface area contributed by atoms with Gasteiger partial charge in [-0.1, -0.05) is 6.07 Å². The molecule has 5 heteroatoms. The molecule has 18 heavy (non-hydrogen) atoms. The van der Waals surface area contributed by atoms with Crippen LogP contribution in [0.4, 0.5) is 0 Å². The van der Waals surface area contributed by atoms with Crippen molar-refractivity contribution in [2.75, 3.05) is 6.61 Å². The lowest BCUT2D eigenvalue weighted by atomic mass is 10.2. The van der Waals surface area contributed by atoms with Gasteiger partial charge in [-0.15, -0.1) is 22.9 Å². The zero-order chi connectivity index (χ0) is 13.0. The van der Waals surface area contributed by atoms with Crippen molar-refractivity contribution in [3.8, 4) is 5.88 Å². The third-order valence-corrected chi connectivity index (χ3v) is 4.02. The molecule has 0 aliphatic heterocycles. The molecule has 0 radical (unpaired) electrons. The minimum absolute atomic E-state index is 0.485. The Hall–Kier alpha value is -1.13. The van der Waals surface area contributed by atoms with E-state index >= 15 is 0 Å². The molecule has 0 spiro atoms. The molecule has 2 rings (SSSR count). The lowest BCUT2D eigenvalue weighted by Gasteiger charge is -2.07. The second-order valence-electron chi connectivity index (χ2n) is 3.99. The summed E-state index contributed by atoms with van der Waals surface area (Å²) in [4.78, 5) is 9.85. The average Bonchev–Trinajstić information content (AvgIpc) is 2.75. The number of thiazole rings is 1. The number of alkyl halides is 1. The highest BCUT2D eigenvalue weighted by molar-refractivity contribution is 7.09. The molecule has 3 nitrogen and oxygen atoms in total. The SMILES string of the molecule is Cc1nc(OCCc2scnc2C)ccc1CCl. The predicted octanol–water partition coefficient (Wildman–Crippen LogP) is 3.52. The van der Waals surface area contributed by atoms with E-state index in [9.17, 15) is 0 Å². The Morgan fingerprint density at radius 1 is 1.28 bits per heavy atom. The quantitative estimate of drug-likeness (QED) is 0.787. The molecule has 0 aliphatic rings. The fourth-order valence-corrected chi connectivity index (χ4v) is 2.65. The van der Waals surface area contributed by atoms with Gasteiger partial charge in [0, 0.05) is 28.9 Å². The maximum absolute atomic E-state index is 5.79. The maximum atomic E-state index is 5.79. The van der Waals surface area contributed by atoms with Crippen molar-refractivity contribution in [2.45, 2.75) is 26.1 Å². The van der Waals surface area contributed by atoms with E-state index in [1.165, 1.54) is 4.88 Å². The molecule has 0 saturated carbocycles. The van der Waals surface area contributed by atoms with Gasteiger partial charge >= 0.3 is 0 Å². The zero-order valence-electron chi connectivity index (χ0n) is 10.4. The van der Waals surface area contributed by atoms with Crippen LogP contribution in [0.15, 0.2) is 17.6 Å². The molecule has 0 saturated heterocycles. The van der Waals surface area contributed by atoms with Crippen LogP contribution < -0.4 is 4.74 Å². The average molecular weight is 283 g/mol. The van der Waals surface area contributed by atoms with E-state index in [0.29, 0.717) is 18.4 Å². The number of pyridine rings is 1. The molecule has 0 bridgehead atoms. The first-order chi connectivity index (χ1) is 8.70. The van der Waals surface area contributed by atoms with E-state index in [2.05, 4.69) is 9.97 Å². The number of aromatic nitrogens is 2. The summed E-state index contributed by atoms with van der Waals surface area (Å²) in [5.41, 5.74) is 4.92. The Morgan fingerprint density at radius 2 is 2.11 bits per heavy atom. The number of ether oxygens (including phenoxy) is 1. The Morgan fingerprint density at radius 3 is 2.72 bits per heavy atom. The van der Waals surface area contributed by atoms with Gasteiger partial charge in [0.15, 0.2) is 0 Å². The first-order valence-corrected chi connectivity index (χ1v) is 7.16. The molecule has 0 N–H and O–H groups in total. The summed E-state index contributed by atoms with van der Waals surface area (Å²) in [5, 5.41) is 0. The highest BCUT2D eigenvalue weighted by Crippen LogP contribution is 2.16. The first kappa shape index (κ1) is 13.3. The molecule has 0 aliphatic carbocycles. The van der Waals surface area contributed by atoms with Crippen LogP contribution in [0, 0.1) is 13.8 Å². The second-order valence-corrected chi connectivity index (χ2v) is 5.19. The second kappa shape index (κ2) is 6.16. The molecule has 0 unspecified atom stereocenters. The van der Waals surface area contributed by atoms with E-state index in [1.807, 2.05) is 31.5 Å². The van der Waals surface area contributed by atoms with Crippen LogP contribution in [0.3, 0.4) is 0 Å². The number of nitrogens with zero attached hydrogens (tertiary/aromatic N) is 2. The zero-order valence-corrected chi connectivity index (χ0v) is 12.0. The Balaban J connectivity index is 1.91. The van der Waals surface area contributed by atoms with Crippen molar-refractivity contribution in [1.29, 1.82) is 0 Å². The summed E-state index contributed by atoms with van der Waals surface area (Å²) in [7, 11) is 0. The molecule has 0 amide bonds. The summed E-state index contributed by atoms with van der Waals surface area (Å²) < 4.78 is 5.64. The van der Waals surface area contributed by atoms with Crippen LogP contribution in [0.5, 0.6) is 5.88 Å². The van der Waals surface area contributed by atoms with Gasteiger partial charge in [0.25, 0.3) is 0 Å². The highest BCUT2D eigenvalue weighted by atomic mass is 35.5. The highest BCUT2D eigenvalue weighted by Gasteiger charge is 2.04. The van der Waals surface area contributed by atoms with Gasteiger partial charge in [0.2, 0.25) is 5.88 Å². The summed E-state index contributed by atoms with van der Waals surface area (Å²) in [6.45, 7) is 4.58. The van der Waals surface area contributed by atoms with Gasteiger partial charge in [-0.25, -0.2) is 9.97 Å². The predicted molar refractivity (Wildman–Crippen MR) is 74.6 cm³/mol. The Kier molecular flexibility index (Phi) is 4.55. The van der Waals surface area contributed by atoms with Crippen molar-refractivity contribution in [3.05, 3.63) is 39.5 Å². The Labute approximate surface area is 116 Å². The number of hydrogen-bond acceptors (Lipinski definition) is 4. The van der Waals surface area contributed by atoms with Crippen LogP contribution in [-0.4, -0.2) is 16.6 Å². The third-order valence-electron chi connectivity index (χ3n) is 2.74. The monoisotopic (exact) mass is 282 g/mol. The molecule has 0 aromatic carbocycles. The van der Waals surface area contributed by atoms with Crippen LogP contribution in [-0.2, 0) is 12.3 Å². The number of rotatable bonds is 5. The van der Waals surface area contributed by atoms with Gasteiger partial charge < -0.3 is 4.74 Å². The fourth-order valence-electron chi connectivity index (χ4n) is 1.60. The van der Waals surface area contributed by atoms with E-state index in [1.54, 1.807) is 11.3 Å². The van der Waals surface area contributed by atoms with Crippen molar-refractivity contribution in [3.63, 3.8) is 0 Å². The van der Waals surface area contributed by atoms with Crippen LogP contribution in [0.25, 0.3) is 0 Å². The minimum Gasteiger partial charge on any atom is -0.477 e. The molecule has 0 fully saturated rings. The van der Waals surface area contributed by atoms with Gasteiger partial charge in [0.05, 0.1) is 17.8 Å². The maximum Gasteiger partial charge on any atom is 0.213 e. The normalized spacial score (nSPS) is 10.6. The lowest BCUT2D eigenvalue weighted by molar-refractivity contribution is 0.309. The fraction of sp³-hybridized carbons (Fsp3) is 0.385. The lowest BCUT2D eigenvalue weighted by Crippen LogP contribution is -2.03. The van der Waals surface area contributed by atoms with Crippen molar-refractivity contribution in [1.82, 2.24) is 9.97 Å². The summed E-state index contributed by atoms with van der Waals surface area (Å²) >= 11 is 7.45. The molecule has 0 atom stereocenters. The van der Waals surface area contributed by atoms with E-state index in [-0.39, 0.29) is 0 Å². The van der Waals surface area contributed by atoms with Crippen molar-refractivity contribution < 1.29 is 4.74 Å². The number of aryl methyl sites for hydroxylation is 2. The first-order valence-electron chi connectivity index (χ1n) is 5.75. The molecule has 2 aromatic heterocycles. The number of halogens is 1. The topological polar surface area (TPSA) is 35.0 Å². The minimum atomic E-state index is 0.485. The van der Waals surface area contributed by atoms with E-state index < -0.39 is 0 Å². The van der Waals surface area contributed by atoms with E-state index in [4.69, 9.17) is 16.3 Å². The molecule has 96 valence electrons. The molecular weight excluding hydrogens is 268 g/mol. The molecule has 2 heterocycles. The number of hydrogen-bond donors (Lipinski definition) is 0. The summed E-state index contributed by atoms with van der Waals surface area (Å²) in [6.07, 6.45) is 0.870. The van der Waals surface area contributed by atoms with E-state index in [0.717, 1.165) is 23.4 Å².